The van der Waals surface area contributed by atoms with E-state index in [1.165, 1.54) is 11.3 Å². The molecule has 2 aliphatic carbocycles. The number of rotatable bonds is 6. The number of amides is 1. The number of hydrogen-bond donors (Lipinski definition) is 1. The molecule has 7 heteroatoms. The molecule has 2 aromatic heterocycles. The first-order chi connectivity index (χ1) is 16.6. The molecule has 4 rings (SSSR count). The summed E-state index contributed by atoms with van der Waals surface area (Å²) in [6.07, 6.45) is 9.54. The highest BCUT2D eigenvalue weighted by Gasteiger charge is 2.38. The zero-order valence-electron chi connectivity index (χ0n) is 21.3. The van der Waals surface area contributed by atoms with Crippen LogP contribution in [-0.2, 0) is 10.2 Å². The van der Waals surface area contributed by atoms with Crippen LogP contribution in [0, 0.1) is 11.8 Å². The van der Waals surface area contributed by atoms with E-state index >= 15 is 0 Å². The van der Waals surface area contributed by atoms with Gasteiger partial charge in [-0.15, -0.1) is 23.1 Å². The molecular formula is C28H38N2O3S2. The molecule has 1 N–H and O–H groups in total. The van der Waals surface area contributed by atoms with Gasteiger partial charge in [-0.05, 0) is 80.9 Å². The van der Waals surface area contributed by atoms with E-state index in [0.717, 1.165) is 61.3 Å². The van der Waals surface area contributed by atoms with Gasteiger partial charge < -0.3 is 10.0 Å². The van der Waals surface area contributed by atoms with E-state index in [1.54, 1.807) is 0 Å². The van der Waals surface area contributed by atoms with Crippen LogP contribution >= 0.6 is 23.1 Å². The summed E-state index contributed by atoms with van der Waals surface area (Å²) in [5.41, 5.74) is 0.455. The Morgan fingerprint density at radius 1 is 1.06 bits per heavy atom. The van der Waals surface area contributed by atoms with Crippen LogP contribution in [0.15, 0.2) is 35.5 Å². The Balaban J connectivity index is 1.60. The van der Waals surface area contributed by atoms with Crippen molar-refractivity contribution in [2.45, 2.75) is 101 Å². The molecule has 0 radical (unpaired) electrons. The molecule has 0 atom stereocenters. The summed E-state index contributed by atoms with van der Waals surface area (Å²) >= 11 is 3.15. The fourth-order valence-electron chi connectivity index (χ4n) is 5.29. The Labute approximate surface area is 217 Å². The lowest BCUT2D eigenvalue weighted by molar-refractivity contribution is -0.124. The molecule has 2 saturated carbocycles. The molecule has 2 aromatic rings. The van der Waals surface area contributed by atoms with E-state index in [9.17, 15) is 14.7 Å². The van der Waals surface area contributed by atoms with Crippen LogP contribution in [0.5, 0.6) is 0 Å². The molecule has 1 amide bonds. The molecule has 2 aliphatic rings. The Morgan fingerprint density at radius 2 is 1.74 bits per heavy atom. The van der Waals surface area contributed by atoms with Gasteiger partial charge in [0.25, 0.3) is 0 Å². The molecule has 0 bridgehead atoms. The maximum atomic E-state index is 14.0. The van der Waals surface area contributed by atoms with Crippen LogP contribution in [0.2, 0.25) is 0 Å². The monoisotopic (exact) mass is 514 g/mol. The van der Waals surface area contributed by atoms with Crippen molar-refractivity contribution in [3.63, 3.8) is 0 Å². The largest absolute Gasteiger partial charge is 0.477 e. The van der Waals surface area contributed by atoms with Gasteiger partial charge in [-0.2, -0.15) is 0 Å². The third-order valence-corrected chi connectivity index (χ3v) is 10.3. The quantitative estimate of drug-likeness (QED) is 0.435. The van der Waals surface area contributed by atoms with Crippen molar-refractivity contribution in [2.24, 2.45) is 11.8 Å². The number of thiophene rings is 1. The zero-order valence-corrected chi connectivity index (χ0v) is 23.0. The van der Waals surface area contributed by atoms with Gasteiger partial charge in [-0.25, -0.2) is 9.78 Å². The number of carbonyl (C=O) groups is 2. The van der Waals surface area contributed by atoms with E-state index in [1.807, 2.05) is 41.1 Å². The normalized spacial score (nSPS) is 25.3. The number of aromatic carboxylic acids is 1. The maximum Gasteiger partial charge on any atom is 0.348 e. The average molecular weight is 515 g/mol. The van der Waals surface area contributed by atoms with Crippen molar-refractivity contribution >= 4 is 40.7 Å². The molecule has 190 valence electrons. The third-order valence-electron chi connectivity index (χ3n) is 7.44. The first kappa shape index (κ1) is 26.2. The summed E-state index contributed by atoms with van der Waals surface area (Å²) in [7, 11) is 0. The van der Waals surface area contributed by atoms with E-state index < -0.39 is 5.97 Å². The number of hydrogen-bond acceptors (Lipinski definition) is 5. The number of carboxylic acids is 1. The summed E-state index contributed by atoms with van der Waals surface area (Å²) < 4.78 is 0. The second kappa shape index (κ2) is 11.0. The molecule has 0 saturated heterocycles. The van der Waals surface area contributed by atoms with Gasteiger partial charge in [-0.3, -0.25) is 4.79 Å². The second-order valence-corrected chi connectivity index (χ2v) is 13.6. The highest BCUT2D eigenvalue weighted by Crippen LogP contribution is 2.43. The van der Waals surface area contributed by atoms with E-state index in [0.29, 0.717) is 21.7 Å². The van der Waals surface area contributed by atoms with Crippen molar-refractivity contribution in [2.75, 3.05) is 4.90 Å². The molecule has 0 unspecified atom stereocenters. The number of pyridine rings is 1. The Morgan fingerprint density at radius 3 is 2.31 bits per heavy atom. The molecular weight excluding hydrogens is 476 g/mol. The lowest BCUT2D eigenvalue weighted by atomic mass is 9.81. The van der Waals surface area contributed by atoms with Gasteiger partial charge in [0.1, 0.15) is 4.88 Å². The topological polar surface area (TPSA) is 70.5 Å². The van der Waals surface area contributed by atoms with Crippen LogP contribution in [0.1, 0.15) is 93.6 Å². The standard InChI is InChI=1S/C28H38N2O3S2/c1-18-8-10-19(11-9-18)26(31)30(22-17-23(28(2,3)4)35-25(22)27(32)33)20-12-14-21(15-13-20)34-24-7-5-6-16-29-24/h5-7,16-21H,8-15H2,1-4H3,(H,32,33)/t18-,19-,20-,21-. The van der Waals surface area contributed by atoms with Crippen LogP contribution in [0.4, 0.5) is 5.69 Å². The van der Waals surface area contributed by atoms with Crippen molar-refractivity contribution < 1.29 is 14.7 Å². The molecule has 0 spiro atoms. The fraction of sp³-hybridized carbons (Fsp3) is 0.607. The highest BCUT2D eigenvalue weighted by molar-refractivity contribution is 7.99. The summed E-state index contributed by atoms with van der Waals surface area (Å²) in [6.45, 7) is 8.56. The van der Waals surface area contributed by atoms with Gasteiger partial charge in [-0.1, -0.05) is 33.8 Å². The number of anilines is 1. The first-order valence-electron chi connectivity index (χ1n) is 12.9. The average Bonchev–Trinajstić information content (AvgIpc) is 3.27. The van der Waals surface area contributed by atoms with Crippen molar-refractivity contribution in [1.29, 1.82) is 0 Å². The van der Waals surface area contributed by atoms with Crippen molar-refractivity contribution in [3.05, 3.63) is 40.2 Å². The molecule has 2 fully saturated rings. The highest BCUT2D eigenvalue weighted by atomic mass is 32.2. The molecule has 0 aromatic carbocycles. The summed E-state index contributed by atoms with van der Waals surface area (Å²) in [6, 6.07) is 8.04. The second-order valence-electron chi connectivity index (χ2n) is 11.3. The molecule has 35 heavy (non-hydrogen) atoms. The Hall–Kier alpha value is -1.86. The fourth-order valence-corrected chi connectivity index (χ4v) is 7.47. The van der Waals surface area contributed by atoms with Crippen LogP contribution in [0.25, 0.3) is 0 Å². The maximum absolute atomic E-state index is 14.0. The van der Waals surface area contributed by atoms with Crippen molar-refractivity contribution in [1.82, 2.24) is 4.98 Å². The lowest BCUT2D eigenvalue weighted by Crippen LogP contribution is -2.46. The Bertz CT molecular complexity index is 1010. The zero-order chi connectivity index (χ0) is 25.2. The minimum atomic E-state index is -0.935. The van der Waals surface area contributed by atoms with Gasteiger partial charge in [0.05, 0.1) is 10.7 Å². The van der Waals surface area contributed by atoms with E-state index in [-0.39, 0.29) is 23.3 Å². The van der Waals surface area contributed by atoms with Crippen molar-refractivity contribution in [3.8, 4) is 0 Å². The number of nitrogens with zero attached hydrogens (tertiary/aromatic N) is 2. The lowest BCUT2D eigenvalue weighted by Gasteiger charge is -2.39. The van der Waals surface area contributed by atoms with Crippen LogP contribution in [-0.4, -0.2) is 33.3 Å². The van der Waals surface area contributed by atoms with Gasteiger partial charge in [0, 0.05) is 28.3 Å². The Kier molecular flexibility index (Phi) is 8.26. The number of carbonyl (C=O) groups excluding carboxylic acids is 1. The molecule has 5 nitrogen and oxygen atoms in total. The summed E-state index contributed by atoms with van der Waals surface area (Å²) in [5.74, 6) is -0.144. The predicted octanol–water partition coefficient (Wildman–Crippen LogP) is 7.40. The number of carboxylic acid groups (broad SMARTS) is 1. The molecule has 0 aliphatic heterocycles. The SMILES string of the molecule is CC(C)(C)c1cc(N(C(=O)[C@H]2CC[C@H](C)CC2)[C@H]2CC[C@H](Sc3ccccn3)CC2)c(C(=O)O)s1. The van der Waals surface area contributed by atoms with Crippen LogP contribution < -0.4 is 4.90 Å². The summed E-state index contributed by atoms with van der Waals surface area (Å²) in [4.78, 5) is 34.0. The first-order valence-corrected chi connectivity index (χ1v) is 14.6. The minimum Gasteiger partial charge on any atom is -0.477 e. The minimum absolute atomic E-state index is 0.00792. The number of aromatic nitrogens is 1. The van der Waals surface area contributed by atoms with Gasteiger partial charge in [0.2, 0.25) is 5.91 Å². The van der Waals surface area contributed by atoms with E-state index in [2.05, 4.69) is 38.7 Å². The van der Waals surface area contributed by atoms with Crippen LogP contribution in [0.3, 0.4) is 0 Å². The molecule has 2 heterocycles. The number of thioether (sulfide) groups is 1. The summed E-state index contributed by atoms with van der Waals surface area (Å²) in [5, 5.41) is 11.6. The van der Waals surface area contributed by atoms with Gasteiger partial charge >= 0.3 is 5.97 Å². The third kappa shape index (κ3) is 6.29. The van der Waals surface area contributed by atoms with Gasteiger partial charge in [0.15, 0.2) is 0 Å². The van der Waals surface area contributed by atoms with E-state index in [4.69, 9.17) is 0 Å². The predicted molar refractivity (Wildman–Crippen MR) is 145 cm³/mol. The smallest absolute Gasteiger partial charge is 0.348 e.